The number of benzene rings is 2. The maximum atomic E-state index is 13.5. The van der Waals surface area contributed by atoms with Crippen LogP contribution in [0.4, 0.5) is 10.1 Å². The van der Waals surface area contributed by atoms with E-state index in [2.05, 4.69) is 43.9 Å². The third-order valence-electron chi connectivity index (χ3n) is 3.86. The minimum Gasteiger partial charge on any atom is -0.363 e. The fraction of sp³-hybridized carbons (Fsp3) is 0.333. The van der Waals surface area contributed by atoms with E-state index in [4.69, 9.17) is 5.73 Å². The fourth-order valence-electron chi connectivity index (χ4n) is 2.86. The summed E-state index contributed by atoms with van der Waals surface area (Å²) in [6, 6.07) is 13.1. The molecule has 0 fully saturated rings. The van der Waals surface area contributed by atoms with E-state index in [1.807, 2.05) is 6.07 Å². The van der Waals surface area contributed by atoms with Crippen LogP contribution in [-0.2, 0) is 0 Å². The van der Waals surface area contributed by atoms with Gasteiger partial charge in [-0.3, -0.25) is 0 Å². The van der Waals surface area contributed by atoms with Crippen LogP contribution in [-0.4, -0.2) is 13.1 Å². The van der Waals surface area contributed by atoms with Gasteiger partial charge in [-0.25, -0.2) is 4.39 Å². The Morgan fingerprint density at radius 1 is 1.14 bits per heavy atom. The van der Waals surface area contributed by atoms with Gasteiger partial charge in [0.05, 0.1) is 6.04 Å². The van der Waals surface area contributed by atoms with Crippen LogP contribution in [0.2, 0.25) is 0 Å². The maximum Gasteiger partial charge on any atom is 0.125 e. The highest BCUT2D eigenvalue weighted by molar-refractivity contribution is 5.50. The Kier molecular flexibility index (Phi) is 4.97. The summed E-state index contributed by atoms with van der Waals surface area (Å²) in [7, 11) is 0. The van der Waals surface area contributed by atoms with Gasteiger partial charge in [-0.15, -0.1) is 0 Å². The number of aryl methyl sites for hydroxylation is 2. The van der Waals surface area contributed by atoms with Gasteiger partial charge in [-0.05, 0) is 50.1 Å². The van der Waals surface area contributed by atoms with Crippen molar-refractivity contribution in [2.24, 2.45) is 5.73 Å². The van der Waals surface area contributed by atoms with E-state index in [-0.39, 0.29) is 11.9 Å². The Hall–Kier alpha value is -1.87. The number of anilines is 1. The van der Waals surface area contributed by atoms with E-state index in [9.17, 15) is 4.39 Å². The largest absolute Gasteiger partial charge is 0.363 e. The topological polar surface area (TPSA) is 29.3 Å². The normalized spacial score (nSPS) is 12.2. The van der Waals surface area contributed by atoms with Crippen molar-refractivity contribution in [2.45, 2.75) is 26.8 Å². The second kappa shape index (κ2) is 6.72. The molecule has 0 radical (unpaired) electrons. The Bertz CT molecular complexity index is 610. The first-order valence-electron chi connectivity index (χ1n) is 7.36. The van der Waals surface area contributed by atoms with Crippen molar-refractivity contribution < 1.29 is 4.39 Å². The number of nitrogens with zero attached hydrogens (tertiary/aromatic N) is 1. The molecule has 0 heterocycles. The summed E-state index contributed by atoms with van der Waals surface area (Å²) >= 11 is 0. The minimum atomic E-state index is -0.220. The van der Waals surface area contributed by atoms with E-state index in [0.29, 0.717) is 6.54 Å². The lowest BCUT2D eigenvalue weighted by Crippen LogP contribution is -2.34. The summed E-state index contributed by atoms with van der Waals surface area (Å²) < 4.78 is 13.5. The molecule has 0 saturated heterocycles. The molecule has 112 valence electrons. The standard InChI is InChI=1S/C18H23FN2/c1-4-21(16-7-5-6-15(19)11-16)18(12-20)17-9-8-13(2)10-14(17)3/h5-11,18H,4,12,20H2,1-3H3. The van der Waals surface area contributed by atoms with E-state index in [1.54, 1.807) is 12.1 Å². The van der Waals surface area contributed by atoms with Crippen molar-refractivity contribution in [3.8, 4) is 0 Å². The third-order valence-corrected chi connectivity index (χ3v) is 3.86. The highest BCUT2D eigenvalue weighted by atomic mass is 19.1. The number of likely N-dealkylation sites (N-methyl/N-ethyl adjacent to an activating group) is 1. The van der Waals surface area contributed by atoms with Crippen molar-refractivity contribution in [3.63, 3.8) is 0 Å². The monoisotopic (exact) mass is 286 g/mol. The molecule has 2 N–H and O–H groups in total. The molecular weight excluding hydrogens is 263 g/mol. The van der Waals surface area contributed by atoms with E-state index in [1.165, 1.54) is 22.8 Å². The summed E-state index contributed by atoms with van der Waals surface area (Å²) in [5.41, 5.74) is 10.6. The minimum absolute atomic E-state index is 0.0531. The first-order chi connectivity index (χ1) is 10.1. The molecule has 2 aromatic carbocycles. The van der Waals surface area contributed by atoms with Crippen LogP contribution in [0.25, 0.3) is 0 Å². The predicted molar refractivity (Wildman–Crippen MR) is 87.1 cm³/mol. The van der Waals surface area contributed by atoms with Gasteiger partial charge in [0.2, 0.25) is 0 Å². The van der Waals surface area contributed by atoms with Gasteiger partial charge in [0.1, 0.15) is 5.82 Å². The maximum absolute atomic E-state index is 13.5. The van der Waals surface area contributed by atoms with E-state index >= 15 is 0 Å². The Labute approximate surface area is 126 Å². The smallest absolute Gasteiger partial charge is 0.125 e. The molecule has 1 atom stereocenters. The van der Waals surface area contributed by atoms with Crippen LogP contribution in [0.5, 0.6) is 0 Å². The van der Waals surface area contributed by atoms with Crippen molar-refractivity contribution in [1.82, 2.24) is 0 Å². The van der Waals surface area contributed by atoms with Crippen molar-refractivity contribution in [1.29, 1.82) is 0 Å². The van der Waals surface area contributed by atoms with Crippen LogP contribution in [0.3, 0.4) is 0 Å². The molecule has 21 heavy (non-hydrogen) atoms. The summed E-state index contributed by atoms with van der Waals surface area (Å²) in [4.78, 5) is 2.15. The molecule has 0 saturated carbocycles. The lowest BCUT2D eigenvalue weighted by atomic mass is 9.97. The first kappa shape index (κ1) is 15.5. The van der Waals surface area contributed by atoms with Gasteiger partial charge in [0.25, 0.3) is 0 Å². The lowest BCUT2D eigenvalue weighted by molar-refractivity contribution is 0.615. The first-order valence-corrected chi connectivity index (χ1v) is 7.36. The fourth-order valence-corrected chi connectivity index (χ4v) is 2.86. The van der Waals surface area contributed by atoms with Crippen LogP contribution >= 0.6 is 0 Å². The van der Waals surface area contributed by atoms with Gasteiger partial charge < -0.3 is 10.6 Å². The number of hydrogen-bond donors (Lipinski definition) is 1. The Morgan fingerprint density at radius 3 is 2.48 bits per heavy atom. The van der Waals surface area contributed by atoms with E-state index < -0.39 is 0 Å². The second-order valence-electron chi connectivity index (χ2n) is 5.38. The lowest BCUT2D eigenvalue weighted by Gasteiger charge is -2.33. The molecule has 2 rings (SSSR count). The van der Waals surface area contributed by atoms with Crippen LogP contribution in [0.1, 0.15) is 29.7 Å². The van der Waals surface area contributed by atoms with Gasteiger partial charge >= 0.3 is 0 Å². The average Bonchev–Trinajstić information content (AvgIpc) is 2.45. The average molecular weight is 286 g/mol. The van der Waals surface area contributed by atoms with Gasteiger partial charge in [-0.1, -0.05) is 29.8 Å². The second-order valence-corrected chi connectivity index (χ2v) is 5.38. The van der Waals surface area contributed by atoms with E-state index in [0.717, 1.165) is 12.2 Å². The predicted octanol–water partition coefficient (Wildman–Crippen LogP) is 3.97. The summed E-state index contributed by atoms with van der Waals surface area (Å²) in [5.74, 6) is -0.220. The molecule has 0 aromatic heterocycles. The summed E-state index contributed by atoms with van der Waals surface area (Å²) in [5, 5.41) is 0. The molecule has 1 unspecified atom stereocenters. The molecule has 0 aliphatic heterocycles. The van der Waals surface area contributed by atoms with Gasteiger partial charge in [0, 0.05) is 18.8 Å². The molecule has 0 aliphatic rings. The number of halogens is 1. The number of hydrogen-bond acceptors (Lipinski definition) is 2. The molecule has 2 aromatic rings. The Balaban J connectivity index is 2.42. The van der Waals surface area contributed by atoms with Crippen LogP contribution < -0.4 is 10.6 Å². The van der Waals surface area contributed by atoms with Gasteiger partial charge in [0.15, 0.2) is 0 Å². The summed E-state index contributed by atoms with van der Waals surface area (Å²) in [6.07, 6.45) is 0. The van der Waals surface area contributed by atoms with Crippen molar-refractivity contribution in [2.75, 3.05) is 18.0 Å². The van der Waals surface area contributed by atoms with Crippen molar-refractivity contribution >= 4 is 5.69 Å². The van der Waals surface area contributed by atoms with Crippen molar-refractivity contribution in [3.05, 3.63) is 65.0 Å². The molecule has 2 nitrogen and oxygen atoms in total. The molecule has 0 spiro atoms. The molecule has 0 bridgehead atoms. The molecule has 3 heteroatoms. The number of rotatable bonds is 5. The number of nitrogens with two attached hydrogens (primary N) is 1. The van der Waals surface area contributed by atoms with Crippen LogP contribution in [0, 0.1) is 19.7 Å². The molecular formula is C18H23FN2. The zero-order chi connectivity index (χ0) is 15.4. The quantitative estimate of drug-likeness (QED) is 0.901. The van der Waals surface area contributed by atoms with Gasteiger partial charge in [-0.2, -0.15) is 0 Å². The summed E-state index contributed by atoms with van der Waals surface area (Å²) in [6.45, 7) is 7.52. The SMILES string of the molecule is CCN(c1cccc(F)c1)C(CN)c1ccc(C)cc1C. The van der Waals surface area contributed by atoms with Crippen LogP contribution in [0.15, 0.2) is 42.5 Å². The molecule has 0 aliphatic carbocycles. The zero-order valence-electron chi connectivity index (χ0n) is 12.9. The third kappa shape index (κ3) is 3.42. The Morgan fingerprint density at radius 2 is 1.90 bits per heavy atom. The highest BCUT2D eigenvalue weighted by Crippen LogP contribution is 2.29. The molecule has 0 amide bonds. The highest BCUT2D eigenvalue weighted by Gasteiger charge is 2.20. The zero-order valence-corrected chi connectivity index (χ0v) is 12.9.